The van der Waals surface area contributed by atoms with Crippen LogP contribution in [-0.2, 0) is 0 Å². The van der Waals surface area contributed by atoms with Gasteiger partial charge in [-0.2, -0.15) is 10.4 Å². The van der Waals surface area contributed by atoms with Gasteiger partial charge in [-0.15, -0.1) is 0 Å². The second-order valence-corrected chi connectivity index (χ2v) is 4.19. The highest BCUT2D eigenvalue weighted by Gasteiger charge is 2.39. The Morgan fingerprint density at radius 1 is 1.64 bits per heavy atom. The molecule has 1 N–H and O–H groups in total. The lowest BCUT2D eigenvalue weighted by atomic mass is 10.5. The highest BCUT2D eigenvalue weighted by Crippen LogP contribution is 2.32. The lowest BCUT2D eigenvalue weighted by molar-refractivity contribution is 0.399. The predicted octanol–water partition coefficient (Wildman–Crippen LogP) is 1.01. The number of alkyl halides is 3. The van der Waals surface area contributed by atoms with Gasteiger partial charge in [0.1, 0.15) is 6.34 Å². The molecule has 7 heteroatoms. The lowest BCUT2D eigenvalue weighted by Crippen LogP contribution is -2.44. The molecular formula is C4H3Cl3N4. The molecule has 0 aromatic rings. The minimum absolute atomic E-state index is 0.711. The van der Waals surface area contributed by atoms with Gasteiger partial charge in [0.05, 0.1) is 0 Å². The van der Waals surface area contributed by atoms with Crippen molar-refractivity contribution in [3.8, 4) is 6.19 Å². The molecule has 0 aliphatic carbocycles. The maximum Gasteiger partial charge on any atom is 0.231 e. The van der Waals surface area contributed by atoms with Gasteiger partial charge < -0.3 is 0 Å². The number of nitrogens with zero attached hydrogens (tertiary/aromatic N) is 3. The third-order valence-electron chi connectivity index (χ3n) is 1.08. The summed E-state index contributed by atoms with van der Waals surface area (Å²) in [6.07, 6.45) is 2.33. The number of hydrazone groups is 1. The Labute approximate surface area is 78.3 Å². The molecular weight excluding hydrogens is 210 g/mol. The molecule has 4 nitrogen and oxygen atoms in total. The van der Waals surface area contributed by atoms with Crippen molar-refractivity contribution < 1.29 is 0 Å². The molecule has 0 saturated carbocycles. The summed E-state index contributed by atoms with van der Waals surface area (Å²) in [6, 6.07) is 0. The molecule has 0 spiro atoms. The molecule has 11 heavy (non-hydrogen) atoms. The summed E-state index contributed by atoms with van der Waals surface area (Å²) >= 11 is 16.5. The molecule has 0 aromatic carbocycles. The molecule has 0 amide bonds. The van der Waals surface area contributed by atoms with Crippen molar-refractivity contribution in [2.24, 2.45) is 5.10 Å². The Balaban J connectivity index is 2.71. The average molecular weight is 213 g/mol. The van der Waals surface area contributed by atoms with Crippen molar-refractivity contribution in [2.75, 3.05) is 0 Å². The van der Waals surface area contributed by atoms with E-state index in [0.717, 1.165) is 4.90 Å². The van der Waals surface area contributed by atoms with E-state index in [1.165, 1.54) is 6.34 Å². The maximum atomic E-state index is 8.47. The average Bonchev–Trinajstić information content (AvgIpc) is 2.31. The smallest absolute Gasteiger partial charge is 0.231 e. The van der Waals surface area contributed by atoms with Crippen molar-refractivity contribution in [3.63, 3.8) is 0 Å². The van der Waals surface area contributed by atoms with E-state index in [4.69, 9.17) is 40.1 Å². The second kappa shape index (κ2) is 2.94. The molecule has 0 saturated heterocycles. The van der Waals surface area contributed by atoms with Crippen LogP contribution >= 0.6 is 34.8 Å². The van der Waals surface area contributed by atoms with Crippen LogP contribution in [0.25, 0.3) is 0 Å². The van der Waals surface area contributed by atoms with E-state index < -0.39 is 9.96 Å². The summed E-state index contributed by atoms with van der Waals surface area (Å²) in [5.41, 5.74) is 2.47. The Morgan fingerprint density at radius 2 is 2.27 bits per heavy atom. The zero-order valence-electron chi connectivity index (χ0n) is 5.13. The minimum Gasteiger partial charge on any atom is -0.281 e. The fourth-order valence-corrected chi connectivity index (χ4v) is 1.07. The standard InChI is InChI=1S/C4H3Cl3N4/c5-4(6,7)3-10-9-2-11(3)1-8/h2-3,10H. The first-order valence-electron chi connectivity index (χ1n) is 2.59. The van der Waals surface area contributed by atoms with Crippen molar-refractivity contribution in [3.05, 3.63) is 0 Å². The summed E-state index contributed by atoms with van der Waals surface area (Å²) in [5.74, 6) is 0. The highest BCUT2D eigenvalue weighted by atomic mass is 35.6. The lowest BCUT2D eigenvalue weighted by Gasteiger charge is -2.22. The SMILES string of the molecule is N#CN1C=NNC1C(Cl)(Cl)Cl. The van der Waals surface area contributed by atoms with Crippen LogP contribution < -0.4 is 5.43 Å². The fraction of sp³-hybridized carbons (Fsp3) is 0.500. The summed E-state index contributed by atoms with van der Waals surface area (Å²) in [5, 5.41) is 12.0. The van der Waals surface area contributed by atoms with Gasteiger partial charge in [0, 0.05) is 0 Å². The summed E-state index contributed by atoms with van der Waals surface area (Å²) < 4.78 is -1.56. The molecule has 0 bridgehead atoms. The Kier molecular flexibility index (Phi) is 2.33. The minimum atomic E-state index is -1.56. The van der Waals surface area contributed by atoms with Crippen LogP contribution in [0.1, 0.15) is 0 Å². The number of hydrogen-bond acceptors (Lipinski definition) is 4. The maximum absolute atomic E-state index is 8.47. The molecule has 0 fully saturated rings. The molecule has 1 heterocycles. The van der Waals surface area contributed by atoms with Crippen LogP contribution in [0.5, 0.6) is 0 Å². The summed E-state index contributed by atoms with van der Waals surface area (Å²) in [4.78, 5) is 1.12. The molecule has 1 atom stereocenters. The predicted molar refractivity (Wildman–Crippen MR) is 43.2 cm³/mol. The number of rotatable bonds is 0. The van der Waals surface area contributed by atoms with Gasteiger partial charge in [-0.05, 0) is 0 Å². The Hall–Kier alpha value is -0.370. The van der Waals surface area contributed by atoms with Gasteiger partial charge in [0.2, 0.25) is 3.79 Å². The van der Waals surface area contributed by atoms with Crippen molar-refractivity contribution in [1.29, 1.82) is 5.26 Å². The van der Waals surface area contributed by atoms with Crippen LogP contribution in [0.4, 0.5) is 0 Å². The number of nitriles is 1. The Bertz CT molecular complexity index is 214. The van der Waals surface area contributed by atoms with E-state index in [0.29, 0.717) is 0 Å². The Morgan fingerprint density at radius 3 is 2.64 bits per heavy atom. The first-order valence-corrected chi connectivity index (χ1v) is 3.72. The van der Waals surface area contributed by atoms with Crippen LogP contribution in [-0.4, -0.2) is 21.2 Å². The van der Waals surface area contributed by atoms with Gasteiger partial charge in [-0.25, -0.2) is 4.90 Å². The van der Waals surface area contributed by atoms with Crippen molar-refractivity contribution >= 4 is 41.1 Å². The van der Waals surface area contributed by atoms with E-state index in [9.17, 15) is 0 Å². The normalized spacial score (nSPS) is 23.1. The molecule has 1 aliphatic heterocycles. The van der Waals surface area contributed by atoms with Gasteiger partial charge in [0.25, 0.3) is 0 Å². The first kappa shape index (κ1) is 8.72. The number of nitrogens with one attached hydrogen (secondary N) is 1. The van der Waals surface area contributed by atoms with Crippen LogP contribution in [0, 0.1) is 11.5 Å². The van der Waals surface area contributed by atoms with Crippen molar-refractivity contribution in [2.45, 2.75) is 9.96 Å². The van der Waals surface area contributed by atoms with Crippen LogP contribution in [0.3, 0.4) is 0 Å². The first-order chi connectivity index (χ1) is 5.05. The summed E-state index contributed by atoms with van der Waals surface area (Å²) in [7, 11) is 0. The molecule has 0 aromatic heterocycles. The zero-order chi connectivity index (χ0) is 8.48. The molecule has 1 unspecified atom stereocenters. The van der Waals surface area contributed by atoms with Crippen molar-refractivity contribution in [1.82, 2.24) is 10.3 Å². The fourth-order valence-electron chi connectivity index (χ4n) is 0.609. The van der Waals surface area contributed by atoms with Crippen LogP contribution in [0.15, 0.2) is 5.10 Å². The quantitative estimate of drug-likeness (QED) is 0.483. The third kappa shape index (κ3) is 1.80. The largest absolute Gasteiger partial charge is 0.281 e. The van der Waals surface area contributed by atoms with E-state index in [1.807, 2.05) is 0 Å². The van der Waals surface area contributed by atoms with E-state index in [2.05, 4.69) is 10.5 Å². The van der Waals surface area contributed by atoms with Gasteiger partial charge in [0.15, 0.2) is 12.4 Å². The molecule has 0 radical (unpaired) electrons. The number of hydrogen-bond donors (Lipinski definition) is 1. The third-order valence-corrected chi connectivity index (χ3v) is 1.70. The van der Waals surface area contributed by atoms with Gasteiger partial charge in [-0.1, -0.05) is 34.8 Å². The van der Waals surface area contributed by atoms with E-state index >= 15 is 0 Å². The molecule has 1 aliphatic rings. The van der Waals surface area contributed by atoms with Crippen LogP contribution in [0.2, 0.25) is 0 Å². The molecule has 1 rings (SSSR count). The molecule has 60 valence electrons. The monoisotopic (exact) mass is 212 g/mol. The zero-order valence-corrected chi connectivity index (χ0v) is 7.40. The van der Waals surface area contributed by atoms with E-state index in [-0.39, 0.29) is 0 Å². The van der Waals surface area contributed by atoms with Gasteiger partial charge >= 0.3 is 0 Å². The topological polar surface area (TPSA) is 51.4 Å². The second-order valence-electron chi connectivity index (χ2n) is 1.83. The summed E-state index contributed by atoms with van der Waals surface area (Å²) in [6.45, 7) is 0. The number of halogens is 3. The van der Waals surface area contributed by atoms with E-state index in [1.54, 1.807) is 6.19 Å². The highest BCUT2D eigenvalue weighted by molar-refractivity contribution is 6.68. The van der Waals surface area contributed by atoms with Gasteiger partial charge in [-0.3, -0.25) is 5.43 Å².